The van der Waals surface area contributed by atoms with Crippen LogP contribution in [0.3, 0.4) is 0 Å². The van der Waals surface area contributed by atoms with Crippen LogP contribution in [0, 0.1) is 0 Å². The summed E-state index contributed by atoms with van der Waals surface area (Å²) in [4.78, 5) is 2.63. The van der Waals surface area contributed by atoms with Crippen LogP contribution in [0.1, 0.15) is 46.5 Å². The highest BCUT2D eigenvalue weighted by molar-refractivity contribution is 7.99. The van der Waals surface area contributed by atoms with E-state index in [1.54, 1.807) is 0 Å². The molecule has 1 N–H and O–H groups in total. The number of thioether (sulfide) groups is 1. The smallest absolute Gasteiger partial charge is 0.0125 e. The van der Waals surface area contributed by atoms with Crippen molar-refractivity contribution in [2.45, 2.75) is 64.1 Å². The van der Waals surface area contributed by atoms with Crippen molar-refractivity contribution in [1.29, 1.82) is 0 Å². The number of piperidine rings is 1. The van der Waals surface area contributed by atoms with Crippen LogP contribution in [0.15, 0.2) is 0 Å². The van der Waals surface area contributed by atoms with Crippen LogP contribution in [0.2, 0.25) is 0 Å². The van der Waals surface area contributed by atoms with Crippen LogP contribution in [0.5, 0.6) is 0 Å². The van der Waals surface area contributed by atoms with Gasteiger partial charge >= 0.3 is 0 Å². The molecule has 0 radical (unpaired) electrons. The van der Waals surface area contributed by atoms with Gasteiger partial charge in [0, 0.05) is 30.7 Å². The van der Waals surface area contributed by atoms with Gasteiger partial charge in [0.1, 0.15) is 0 Å². The van der Waals surface area contributed by atoms with E-state index in [0.29, 0.717) is 5.54 Å². The number of nitrogens with zero attached hydrogens (tertiary/aromatic N) is 1. The van der Waals surface area contributed by atoms with Crippen molar-refractivity contribution in [3.8, 4) is 0 Å². The van der Waals surface area contributed by atoms with E-state index in [1.165, 1.54) is 50.3 Å². The first kappa shape index (κ1) is 13.7. The number of hydrogen-bond donors (Lipinski definition) is 1. The maximum Gasteiger partial charge on any atom is 0.0125 e. The zero-order valence-electron chi connectivity index (χ0n) is 11.7. The van der Waals surface area contributed by atoms with E-state index in [4.69, 9.17) is 0 Å². The predicted octanol–water partition coefficient (Wildman–Crippen LogP) is 2.73. The largest absolute Gasteiger partial charge is 0.311 e. The highest BCUT2D eigenvalue weighted by Crippen LogP contribution is 2.22. The molecule has 0 aromatic carbocycles. The first-order valence-electron chi connectivity index (χ1n) is 7.14. The van der Waals surface area contributed by atoms with E-state index in [1.807, 2.05) is 0 Å². The summed E-state index contributed by atoms with van der Waals surface area (Å²) in [7, 11) is 0. The van der Waals surface area contributed by atoms with E-state index < -0.39 is 0 Å². The molecule has 2 rings (SSSR count). The monoisotopic (exact) mass is 256 g/mol. The van der Waals surface area contributed by atoms with Gasteiger partial charge in [-0.3, -0.25) is 4.90 Å². The molecule has 2 heterocycles. The Balaban J connectivity index is 1.71. The molecule has 17 heavy (non-hydrogen) atoms. The molecule has 2 nitrogen and oxygen atoms in total. The fraction of sp³-hybridized carbons (Fsp3) is 1.00. The van der Waals surface area contributed by atoms with Gasteiger partial charge in [-0.2, -0.15) is 11.8 Å². The van der Waals surface area contributed by atoms with Crippen molar-refractivity contribution in [2.75, 3.05) is 24.6 Å². The molecule has 2 aliphatic rings. The summed E-state index contributed by atoms with van der Waals surface area (Å²) in [5.41, 5.74) is 0.354. The standard InChI is InChI=1S/C14H28N2S/c1-14(2,3)16-8-4-12(5-9-16)15-13-6-10-17-11-7-13/h12-13,15H,4-11H2,1-3H3. The highest BCUT2D eigenvalue weighted by atomic mass is 32.2. The van der Waals surface area contributed by atoms with Gasteiger partial charge < -0.3 is 5.32 Å². The van der Waals surface area contributed by atoms with Crippen molar-refractivity contribution >= 4 is 11.8 Å². The van der Waals surface area contributed by atoms with E-state index in [2.05, 4.69) is 42.7 Å². The average molecular weight is 256 g/mol. The first-order chi connectivity index (χ1) is 8.05. The summed E-state index contributed by atoms with van der Waals surface area (Å²) in [6, 6.07) is 1.59. The SMILES string of the molecule is CC(C)(C)N1CCC(NC2CCSCC2)CC1. The van der Waals surface area contributed by atoms with Gasteiger partial charge in [-0.1, -0.05) is 0 Å². The second-order valence-corrected chi connectivity index (χ2v) is 7.71. The molecule has 3 heteroatoms. The Kier molecular flexibility index (Phi) is 4.79. The van der Waals surface area contributed by atoms with Crippen LogP contribution in [-0.2, 0) is 0 Å². The van der Waals surface area contributed by atoms with Gasteiger partial charge in [0.05, 0.1) is 0 Å². The third kappa shape index (κ3) is 4.15. The third-order valence-corrected chi connectivity index (χ3v) is 5.19. The lowest BCUT2D eigenvalue weighted by atomic mass is 9.97. The Bertz CT molecular complexity index is 223. The van der Waals surface area contributed by atoms with E-state index >= 15 is 0 Å². The van der Waals surface area contributed by atoms with Gasteiger partial charge in [0.25, 0.3) is 0 Å². The maximum absolute atomic E-state index is 3.89. The fourth-order valence-electron chi connectivity index (χ4n) is 2.91. The average Bonchev–Trinajstić information content (AvgIpc) is 2.30. The summed E-state index contributed by atoms with van der Waals surface area (Å²) in [5, 5.41) is 3.89. The van der Waals surface area contributed by atoms with Crippen LogP contribution >= 0.6 is 11.8 Å². The summed E-state index contributed by atoms with van der Waals surface area (Å²) >= 11 is 2.12. The fourth-order valence-corrected chi connectivity index (χ4v) is 4.02. The molecule has 0 aromatic heterocycles. The van der Waals surface area contributed by atoms with Crippen LogP contribution in [-0.4, -0.2) is 47.1 Å². The van der Waals surface area contributed by atoms with E-state index in [-0.39, 0.29) is 0 Å². The minimum Gasteiger partial charge on any atom is -0.311 e. The maximum atomic E-state index is 3.89. The second-order valence-electron chi connectivity index (χ2n) is 6.49. The molecule has 0 aliphatic carbocycles. The Labute approximate surface area is 111 Å². The predicted molar refractivity (Wildman–Crippen MR) is 77.8 cm³/mol. The number of likely N-dealkylation sites (tertiary alicyclic amines) is 1. The lowest BCUT2D eigenvalue weighted by Crippen LogP contribution is -2.51. The lowest BCUT2D eigenvalue weighted by Gasteiger charge is -2.42. The first-order valence-corrected chi connectivity index (χ1v) is 8.30. The topological polar surface area (TPSA) is 15.3 Å². The number of hydrogen-bond acceptors (Lipinski definition) is 3. The Morgan fingerprint density at radius 3 is 2.00 bits per heavy atom. The van der Waals surface area contributed by atoms with Gasteiger partial charge in [0.15, 0.2) is 0 Å². The molecule has 0 aromatic rings. The normalized spacial score (nSPS) is 26.3. The molecule has 2 fully saturated rings. The summed E-state index contributed by atoms with van der Waals surface area (Å²) in [5.74, 6) is 2.72. The van der Waals surface area contributed by atoms with Gasteiger partial charge in [0.2, 0.25) is 0 Å². The second kappa shape index (κ2) is 5.94. The molecule has 0 saturated carbocycles. The number of nitrogens with one attached hydrogen (secondary N) is 1. The van der Waals surface area contributed by atoms with Crippen molar-refractivity contribution in [1.82, 2.24) is 10.2 Å². The Morgan fingerprint density at radius 2 is 1.47 bits per heavy atom. The van der Waals surface area contributed by atoms with Crippen molar-refractivity contribution in [2.24, 2.45) is 0 Å². The zero-order valence-corrected chi connectivity index (χ0v) is 12.5. The molecule has 0 atom stereocenters. The lowest BCUT2D eigenvalue weighted by molar-refractivity contribution is 0.0934. The quantitative estimate of drug-likeness (QED) is 0.818. The molecule has 100 valence electrons. The van der Waals surface area contributed by atoms with Gasteiger partial charge in [-0.25, -0.2) is 0 Å². The highest BCUT2D eigenvalue weighted by Gasteiger charge is 2.28. The molecular formula is C14H28N2S. The molecule has 0 amide bonds. The van der Waals surface area contributed by atoms with Crippen molar-refractivity contribution in [3.63, 3.8) is 0 Å². The van der Waals surface area contributed by atoms with Crippen LogP contribution in [0.25, 0.3) is 0 Å². The molecule has 0 unspecified atom stereocenters. The molecular weight excluding hydrogens is 228 g/mol. The van der Waals surface area contributed by atoms with Gasteiger partial charge in [-0.05, 0) is 58.0 Å². The molecule has 2 saturated heterocycles. The minimum absolute atomic E-state index is 0.354. The van der Waals surface area contributed by atoms with Crippen molar-refractivity contribution in [3.05, 3.63) is 0 Å². The van der Waals surface area contributed by atoms with Gasteiger partial charge in [-0.15, -0.1) is 0 Å². The summed E-state index contributed by atoms with van der Waals surface area (Å²) in [6.45, 7) is 9.53. The zero-order chi connectivity index (χ0) is 12.3. The van der Waals surface area contributed by atoms with Crippen molar-refractivity contribution < 1.29 is 0 Å². The number of rotatable bonds is 2. The minimum atomic E-state index is 0.354. The molecule has 2 aliphatic heterocycles. The molecule has 0 spiro atoms. The van der Waals surface area contributed by atoms with Crippen LogP contribution < -0.4 is 5.32 Å². The Hall–Kier alpha value is 0.270. The summed E-state index contributed by atoms with van der Waals surface area (Å²) in [6.07, 6.45) is 5.43. The summed E-state index contributed by atoms with van der Waals surface area (Å²) < 4.78 is 0. The van der Waals surface area contributed by atoms with E-state index in [0.717, 1.165) is 12.1 Å². The Morgan fingerprint density at radius 1 is 0.941 bits per heavy atom. The molecule has 0 bridgehead atoms. The van der Waals surface area contributed by atoms with Crippen LogP contribution in [0.4, 0.5) is 0 Å². The third-order valence-electron chi connectivity index (χ3n) is 4.14. The van der Waals surface area contributed by atoms with E-state index in [9.17, 15) is 0 Å².